The Bertz CT molecular complexity index is 504. The summed E-state index contributed by atoms with van der Waals surface area (Å²) < 4.78 is 13.4. The van der Waals surface area contributed by atoms with Crippen LogP contribution in [0.25, 0.3) is 0 Å². The average molecular weight is 294 g/mol. The van der Waals surface area contributed by atoms with Gasteiger partial charge in [0.2, 0.25) is 0 Å². The molecule has 1 aliphatic rings. The van der Waals surface area contributed by atoms with Gasteiger partial charge in [-0.3, -0.25) is 9.69 Å². The molecule has 1 atom stereocenters. The summed E-state index contributed by atoms with van der Waals surface area (Å²) in [6, 6.07) is 1.65. The fraction of sp³-hybridized carbons (Fsp3) is 0.600. The second kappa shape index (κ2) is 6.85. The van der Waals surface area contributed by atoms with E-state index >= 15 is 0 Å². The number of likely N-dealkylation sites (N-methyl/N-ethyl adjacent to an activating group) is 1. The van der Waals surface area contributed by atoms with Gasteiger partial charge in [0.1, 0.15) is 11.6 Å². The second-order valence-electron chi connectivity index (χ2n) is 5.21. The number of aromatic nitrogens is 1. The van der Waals surface area contributed by atoms with Crippen molar-refractivity contribution in [3.63, 3.8) is 0 Å². The van der Waals surface area contributed by atoms with E-state index in [4.69, 9.17) is 0 Å². The second-order valence-corrected chi connectivity index (χ2v) is 5.21. The number of nitrogens with zero attached hydrogens (tertiary/aromatic N) is 3. The van der Waals surface area contributed by atoms with Gasteiger partial charge in [-0.25, -0.2) is 9.37 Å². The monoisotopic (exact) mass is 294 g/mol. The van der Waals surface area contributed by atoms with Gasteiger partial charge < -0.3 is 10.2 Å². The Balaban J connectivity index is 2.13. The van der Waals surface area contributed by atoms with Crippen LogP contribution in [0.5, 0.6) is 0 Å². The van der Waals surface area contributed by atoms with Crippen LogP contribution in [0.4, 0.5) is 10.2 Å². The number of pyridine rings is 1. The number of nitrogens with one attached hydrogen (secondary N) is 1. The Morgan fingerprint density at radius 3 is 2.86 bits per heavy atom. The molecule has 1 fully saturated rings. The first-order valence-corrected chi connectivity index (χ1v) is 7.47. The molecule has 1 N–H and O–H groups in total. The lowest BCUT2D eigenvalue weighted by Crippen LogP contribution is -2.38. The van der Waals surface area contributed by atoms with Gasteiger partial charge in [0.05, 0.1) is 11.8 Å². The van der Waals surface area contributed by atoms with Crippen molar-refractivity contribution in [2.24, 2.45) is 0 Å². The molecule has 2 rings (SSSR count). The average Bonchev–Trinajstić information content (AvgIpc) is 2.97. The molecular formula is C15H23FN4O. The molecule has 5 nitrogen and oxygen atoms in total. The highest BCUT2D eigenvalue weighted by Gasteiger charge is 2.30. The summed E-state index contributed by atoms with van der Waals surface area (Å²) in [6.07, 6.45) is 2.08. The lowest BCUT2D eigenvalue weighted by Gasteiger charge is -2.26. The molecule has 1 unspecified atom stereocenters. The maximum atomic E-state index is 13.4. The summed E-state index contributed by atoms with van der Waals surface area (Å²) >= 11 is 0. The molecule has 1 aromatic heterocycles. The summed E-state index contributed by atoms with van der Waals surface area (Å²) in [6.45, 7) is 7.62. The van der Waals surface area contributed by atoms with Crippen molar-refractivity contribution in [2.45, 2.75) is 26.3 Å². The van der Waals surface area contributed by atoms with E-state index in [1.165, 1.54) is 6.07 Å². The molecule has 0 saturated carbocycles. The Morgan fingerprint density at radius 2 is 2.24 bits per heavy atom. The smallest absolute Gasteiger partial charge is 0.257 e. The fourth-order valence-electron chi connectivity index (χ4n) is 2.94. The molecule has 0 aromatic carbocycles. The van der Waals surface area contributed by atoms with Crippen molar-refractivity contribution >= 4 is 11.7 Å². The Hall–Kier alpha value is -1.69. The van der Waals surface area contributed by atoms with E-state index in [9.17, 15) is 9.18 Å². The highest BCUT2D eigenvalue weighted by atomic mass is 19.1. The van der Waals surface area contributed by atoms with Crippen molar-refractivity contribution in [2.75, 3.05) is 38.5 Å². The van der Waals surface area contributed by atoms with Gasteiger partial charge in [0, 0.05) is 26.2 Å². The maximum Gasteiger partial charge on any atom is 0.257 e. The van der Waals surface area contributed by atoms with Crippen LogP contribution < -0.4 is 5.32 Å². The van der Waals surface area contributed by atoms with Crippen LogP contribution in [0.3, 0.4) is 0 Å². The molecule has 2 heterocycles. The molecule has 1 aliphatic heterocycles. The van der Waals surface area contributed by atoms with Crippen molar-refractivity contribution in [3.05, 3.63) is 23.6 Å². The van der Waals surface area contributed by atoms with Gasteiger partial charge in [0.25, 0.3) is 5.91 Å². The van der Waals surface area contributed by atoms with E-state index in [2.05, 4.69) is 29.0 Å². The number of carbonyl (C=O) groups excluding carboxylic acids is 1. The summed E-state index contributed by atoms with van der Waals surface area (Å²) in [5.41, 5.74) is 0.303. The molecular weight excluding hydrogens is 271 g/mol. The SMILES string of the molecule is CCN(CC)C1CCN(C(=O)c2cc(F)cnc2NC)C1. The molecule has 0 aliphatic carbocycles. The first kappa shape index (κ1) is 15.7. The van der Waals surface area contributed by atoms with E-state index in [0.29, 0.717) is 30.5 Å². The zero-order valence-corrected chi connectivity index (χ0v) is 12.9. The number of hydrogen-bond acceptors (Lipinski definition) is 4. The molecule has 0 bridgehead atoms. The van der Waals surface area contributed by atoms with Crippen LogP contribution in [0, 0.1) is 5.82 Å². The van der Waals surface area contributed by atoms with E-state index in [-0.39, 0.29) is 5.91 Å². The summed E-state index contributed by atoms with van der Waals surface area (Å²) in [7, 11) is 1.68. The number of amides is 1. The van der Waals surface area contributed by atoms with Crippen molar-refractivity contribution in [1.82, 2.24) is 14.8 Å². The van der Waals surface area contributed by atoms with Gasteiger partial charge in [-0.2, -0.15) is 0 Å². The van der Waals surface area contributed by atoms with E-state index in [0.717, 1.165) is 25.7 Å². The highest BCUT2D eigenvalue weighted by Crippen LogP contribution is 2.21. The number of carbonyl (C=O) groups is 1. The van der Waals surface area contributed by atoms with Crippen molar-refractivity contribution in [1.29, 1.82) is 0 Å². The number of rotatable bonds is 5. The Kier molecular flexibility index (Phi) is 5.12. The summed E-state index contributed by atoms with van der Waals surface area (Å²) in [5.74, 6) is -0.217. The summed E-state index contributed by atoms with van der Waals surface area (Å²) in [4.78, 5) is 20.7. The molecule has 1 aromatic rings. The van der Waals surface area contributed by atoms with E-state index in [1.54, 1.807) is 11.9 Å². The lowest BCUT2D eigenvalue weighted by atomic mass is 10.2. The quantitative estimate of drug-likeness (QED) is 0.900. The fourth-order valence-corrected chi connectivity index (χ4v) is 2.94. The minimum atomic E-state index is -0.489. The highest BCUT2D eigenvalue weighted by molar-refractivity contribution is 5.98. The molecule has 116 valence electrons. The van der Waals surface area contributed by atoms with Gasteiger partial charge in [-0.1, -0.05) is 13.8 Å². The van der Waals surface area contributed by atoms with Crippen LogP contribution in [0.1, 0.15) is 30.6 Å². The van der Waals surface area contributed by atoms with Crippen molar-refractivity contribution in [3.8, 4) is 0 Å². The third-order valence-electron chi connectivity index (χ3n) is 4.10. The van der Waals surface area contributed by atoms with E-state index < -0.39 is 5.82 Å². The topological polar surface area (TPSA) is 48.5 Å². The predicted octanol–water partition coefficient (Wildman–Crippen LogP) is 1.82. The predicted molar refractivity (Wildman–Crippen MR) is 81.0 cm³/mol. The molecule has 0 radical (unpaired) electrons. The number of anilines is 1. The first-order chi connectivity index (χ1) is 10.1. The standard InChI is InChI=1S/C15H23FN4O/c1-4-19(5-2)12-6-7-20(10-12)15(21)13-8-11(16)9-18-14(13)17-3/h8-9,12H,4-7,10H2,1-3H3,(H,17,18). The molecule has 0 spiro atoms. The maximum absolute atomic E-state index is 13.4. The number of hydrogen-bond donors (Lipinski definition) is 1. The van der Waals surface area contributed by atoms with Crippen LogP contribution >= 0.6 is 0 Å². The molecule has 21 heavy (non-hydrogen) atoms. The van der Waals surface area contributed by atoms with Crippen LogP contribution in [0.15, 0.2) is 12.3 Å². The van der Waals surface area contributed by atoms with Gasteiger partial charge in [-0.15, -0.1) is 0 Å². The minimum absolute atomic E-state index is 0.152. The van der Waals surface area contributed by atoms with Crippen LogP contribution in [0.2, 0.25) is 0 Å². The Morgan fingerprint density at radius 1 is 1.52 bits per heavy atom. The van der Waals surface area contributed by atoms with Crippen LogP contribution in [-0.2, 0) is 0 Å². The van der Waals surface area contributed by atoms with Gasteiger partial charge >= 0.3 is 0 Å². The summed E-state index contributed by atoms with van der Waals surface area (Å²) in [5, 5.41) is 2.85. The largest absolute Gasteiger partial charge is 0.372 e. The molecule has 6 heteroatoms. The van der Waals surface area contributed by atoms with Crippen LogP contribution in [-0.4, -0.2) is 60.0 Å². The number of halogens is 1. The third kappa shape index (κ3) is 3.32. The van der Waals surface area contributed by atoms with Gasteiger partial charge in [0.15, 0.2) is 0 Å². The van der Waals surface area contributed by atoms with Crippen molar-refractivity contribution < 1.29 is 9.18 Å². The lowest BCUT2D eigenvalue weighted by molar-refractivity contribution is 0.0778. The first-order valence-electron chi connectivity index (χ1n) is 7.47. The molecule has 1 saturated heterocycles. The zero-order valence-electron chi connectivity index (χ0n) is 12.9. The number of likely N-dealkylation sites (tertiary alicyclic amines) is 1. The van der Waals surface area contributed by atoms with E-state index in [1.807, 2.05) is 0 Å². The van der Waals surface area contributed by atoms with Gasteiger partial charge in [-0.05, 0) is 25.6 Å². The third-order valence-corrected chi connectivity index (χ3v) is 4.10. The zero-order chi connectivity index (χ0) is 15.4. The Labute approximate surface area is 125 Å². The molecule has 1 amide bonds. The minimum Gasteiger partial charge on any atom is -0.372 e. The normalized spacial score (nSPS) is 18.3.